The predicted molar refractivity (Wildman–Crippen MR) is 165 cm³/mol. The first kappa shape index (κ1) is 35.7. The molecule has 1 aromatic carbocycles. The van der Waals surface area contributed by atoms with Crippen molar-refractivity contribution >= 4 is 11.8 Å². The van der Waals surface area contributed by atoms with Crippen LogP contribution in [0.25, 0.3) is 0 Å². The predicted octanol–water partition coefficient (Wildman–Crippen LogP) is 2.46. The first-order valence-corrected chi connectivity index (χ1v) is 15.3. The van der Waals surface area contributed by atoms with Crippen molar-refractivity contribution in [2.45, 2.75) is 52.7 Å². The Morgan fingerprint density at radius 2 is 1.74 bits per heavy atom. The van der Waals surface area contributed by atoms with Crippen LogP contribution in [0.1, 0.15) is 50.9 Å². The number of amides is 2. The summed E-state index contributed by atoms with van der Waals surface area (Å²) in [5, 5.41) is 17.1. The van der Waals surface area contributed by atoms with Gasteiger partial charge in [-0.1, -0.05) is 45.9 Å². The molecule has 42 heavy (non-hydrogen) atoms. The van der Waals surface area contributed by atoms with E-state index < -0.39 is 12.1 Å². The lowest BCUT2D eigenvalue weighted by Crippen LogP contribution is -2.45. The van der Waals surface area contributed by atoms with Gasteiger partial charge in [-0.2, -0.15) is 0 Å². The maximum absolute atomic E-state index is 13.1. The minimum atomic E-state index is -0.834. The van der Waals surface area contributed by atoms with Crippen LogP contribution in [-0.2, 0) is 14.3 Å². The van der Waals surface area contributed by atoms with E-state index in [0.29, 0.717) is 50.5 Å². The molecule has 0 bridgehead atoms. The van der Waals surface area contributed by atoms with Crippen LogP contribution in [0.4, 0.5) is 0 Å². The highest BCUT2D eigenvalue weighted by molar-refractivity contribution is 5.96. The molecule has 0 aromatic heterocycles. The quantitative estimate of drug-likeness (QED) is 0.181. The second-order valence-electron chi connectivity index (χ2n) is 11.7. The highest BCUT2D eigenvalue weighted by Gasteiger charge is 2.30. The lowest BCUT2D eigenvalue weighted by Gasteiger charge is -2.30. The van der Waals surface area contributed by atoms with E-state index in [1.807, 2.05) is 32.1 Å². The molecule has 0 saturated carbocycles. The number of carbonyl (C=O) groups is 2. The van der Waals surface area contributed by atoms with E-state index in [2.05, 4.69) is 29.4 Å². The number of nitrogens with one attached hydrogen (secondary N) is 2. The number of rotatable bonds is 19. The van der Waals surface area contributed by atoms with Crippen LogP contribution in [0.15, 0.2) is 36.4 Å². The van der Waals surface area contributed by atoms with Crippen molar-refractivity contribution in [3.63, 3.8) is 0 Å². The molecule has 1 aliphatic rings. The number of aliphatic hydroxyl groups excluding tert-OH is 1. The van der Waals surface area contributed by atoms with Crippen molar-refractivity contribution < 1.29 is 28.9 Å². The third-order valence-electron chi connectivity index (χ3n) is 7.90. The monoisotopic (exact) mass is 590 g/mol. The normalized spacial score (nSPS) is 17.3. The zero-order valence-electron chi connectivity index (χ0n) is 26.2. The SMILES string of the molecule is COC/C=C/COc1ccccc1C(=O)NC[C@@H](C[C@H](N)[C@@H](O)C[C@H](C(=O)NCCN1CCOCC1)C(C)C)C(C)C. The maximum atomic E-state index is 13.1. The number of morpholine rings is 1. The number of carbonyl (C=O) groups excluding carboxylic acids is 2. The third-order valence-corrected chi connectivity index (χ3v) is 7.90. The summed E-state index contributed by atoms with van der Waals surface area (Å²) in [7, 11) is 1.62. The number of para-hydroxylation sites is 1. The van der Waals surface area contributed by atoms with E-state index in [-0.39, 0.29) is 35.5 Å². The molecule has 0 spiro atoms. The second-order valence-corrected chi connectivity index (χ2v) is 11.7. The van der Waals surface area contributed by atoms with Gasteiger partial charge in [0.25, 0.3) is 5.91 Å². The van der Waals surface area contributed by atoms with Gasteiger partial charge in [-0.3, -0.25) is 14.5 Å². The largest absolute Gasteiger partial charge is 0.489 e. The van der Waals surface area contributed by atoms with Gasteiger partial charge in [0.1, 0.15) is 12.4 Å². The number of methoxy groups -OCH3 is 1. The van der Waals surface area contributed by atoms with Crippen LogP contribution in [0.5, 0.6) is 5.75 Å². The maximum Gasteiger partial charge on any atom is 0.255 e. The Hall–Kier alpha value is -2.50. The lowest BCUT2D eigenvalue weighted by molar-refractivity contribution is -0.127. The van der Waals surface area contributed by atoms with Crippen LogP contribution >= 0.6 is 0 Å². The van der Waals surface area contributed by atoms with Crippen LogP contribution < -0.4 is 21.1 Å². The average Bonchev–Trinajstić information content (AvgIpc) is 2.97. The lowest BCUT2D eigenvalue weighted by atomic mass is 9.83. The molecule has 1 aliphatic heterocycles. The Labute approximate surface area is 252 Å². The van der Waals surface area contributed by atoms with Crippen LogP contribution in [-0.4, -0.2) is 100 Å². The van der Waals surface area contributed by atoms with Gasteiger partial charge >= 0.3 is 0 Å². The Morgan fingerprint density at radius 1 is 1.05 bits per heavy atom. The highest BCUT2D eigenvalue weighted by Crippen LogP contribution is 2.24. The van der Waals surface area contributed by atoms with Gasteiger partial charge in [-0.25, -0.2) is 0 Å². The van der Waals surface area contributed by atoms with Crippen molar-refractivity contribution in [1.29, 1.82) is 0 Å². The summed E-state index contributed by atoms with van der Waals surface area (Å²) in [4.78, 5) is 28.3. The van der Waals surface area contributed by atoms with Gasteiger partial charge < -0.3 is 35.7 Å². The minimum Gasteiger partial charge on any atom is -0.489 e. The highest BCUT2D eigenvalue weighted by atomic mass is 16.5. The van der Waals surface area contributed by atoms with E-state index in [0.717, 1.165) is 32.8 Å². The molecule has 4 atom stereocenters. The Kier molecular flexibility index (Phi) is 16.7. The molecule has 1 aromatic rings. The van der Waals surface area contributed by atoms with Crippen molar-refractivity contribution in [3.8, 4) is 5.75 Å². The molecule has 0 unspecified atom stereocenters. The Morgan fingerprint density at radius 3 is 2.40 bits per heavy atom. The minimum absolute atomic E-state index is 0.0449. The van der Waals surface area contributed by atoms with Gasteiger partial charge in [0.2, 0.25) is 5.91 Å². The third kappa shape index (κ3) is 12.8. The fourth-order valence-electron chi connectivity index (χ4n) is 4.98. The Balaban J connectivity index is 1.88. The van der Waals surface area contributed by atoms with E-state index in [1.54, 1.807) is 25.3 Å². The fourth-order valence-corrected chi connectivity index (χ4v) is 4.98. The number of benzene rings is 1. The number of ether oxygens (including phenoxy) is 3. The molecule has 10 nitrogen and oxygen atoms in total. The molecule has 1 heterocycles. The van der Waals surface area contributed by atoms with E-state index >= 15 is 0 Å². The summed E-state index contributed by atoms with van der Waals surface area (Å²) in [5.41, 5.74) is 6.95. The van der Waals surface area contributed by atoms with E-state index in [1.165, 1.54) is 0 Å². The van der Waals surface area contributed by atoms with Crippen molar-refractivity contribution in [1.82, 2.24) is 15.5 Å². The molecule has 1 saturated heterocycles. The summed E-state index contributed by atoms with van der Waals surface area (Å²) in [6.45, 7) is 13.9. The van der Waals surface area contributed by atoms with Gasteiger partial charge in [-0.15, -0.1) is 0 Å². The molecule has 10 heteroatoms. The average molecular weight is 591 g/mol. The molecule has 238 valence electrons. The molecule has 0 aliphatic carbocycles. The molecular weight excluding hydrogens is 536 g/mol. The standard InChI is InChI=1S/C32H54N4O6/c1-23(2)25(22-35-31(38)26-10-6-7-11-30(26)42-17-9-8-16-40-5)20-28(33)29(37)21-27(24(3)4)32(39)34-12-13-36-14-18-41-19-15-36/h6-11,23-25,27-29,37H,12-22,33H2,1-5H3,(H,34,39)(H,35,38)/b9-8+/t25-,27+,28+,29+/m1/s1. The zero-order chi connectivity index (χ0) is 30.9. The number of hydrogen-bond donors (Lipinski definition) is 4. The van der Waals surface area contributed by atoms with Crippen molar-refractivity contribution in [3.05, 3.63) is 42.0 Å². The van der Waals surface area contributed by atoms with Gasteiger partial charge in [0, 0.05) is 51.8 Å². The smallest absolute Gasteiger partial charge is 0.255 e. The summed E-state index contributed by atoms with van der Waals surface area (Å²) in [6, 6.07) is 6.62. The molecule has 2 rings (SSSR count). The molecule has 5 N–H and O–H groups in total. The number of nitrogens with zero attached hydrogens (tertiary/aromatic N) is 1. The molecule has 1 fully saturated rings. The number of hydrogen-bond acceptors (Lipinski definition) is 8. The zero-order valence-corrected chi connectivity index (χ0v) is 26.2. The van der Waals surface area contributed by atoms with Crippen LogP contribution in [0, 0.1) is 23.7 Å². The van der Waals surface area contributed by atoms with E-state index in [9.17, 15) is 14.7 Å². The molecule has 0 radical (unpaired) electrons. The summed E-state index contributed by atoms with van der Waals surface area (Å²) in [6.07, 6.45) is 3.68. The summed E-state index contributed by atoms with van der Waals surface area (Å²) >= 11 is 0. The molecular formula is C32H54N4O6. The summed E-state index contributed by atoms with van der Waals surface area (Å²) < 4.78 is 16.2. The van der Waals surface area contributed by atoms with Crippen molar-refractivity contribution in [2.24, 2.45) is 29.4 Å². The number of nitrogens with two attached hydrogens (primary N) is 1. The van der Waals surface area contributed by atoms with Crippen LogP contribution in [0.3, 0.4) is 0 Å². The first-order valence-electron chi connectivity index (χ1n) is 15.3. The van der Waals surface area contributed by atoms with Crippen LogP contribution in [0.2, 0.25) is 0 Å². The first-order chi connectivity index (χ1) is 20.1. The van der Waals surface area contributed by atoms with Gasteiger partial charge in [-0.05, 0) is 48.8 Å². The van der Waals surface area contributed by atoms with E-state index in [4.69, 9.17) is 19.9 Å². The second kappa shape index (κ2) is 19.6. The number of aliphatic hydroxyl groups is 1. The Bertz CT molecular complexity index is 951. The van der Waals surface area contributed by atoms with Crippen molar-refractivity contribution in [2.75, 3.05) is 66.3 Å². The van der Waals surface area contributed by atoms with Gasteiger partial charge in [0.15, 0.2) is 0 Å². The van der Waals surface area contributed by atoms with Gasteiger partial charge in [0.05, 0.1) is 31.5 Å². The summed E-state index contributed by atoms with van der Waals surface area (Å²) in [5.74, 6) is 0.233. The molecule has 2 amide bonds. The topological polar surface area (TPSA) is 135 Å². The fraction of sp³-hybridized carbons (Fsp3) is 0.688.